The average Bonchev–Trinajstić information content (AvgIpc) is 2.91. The number of anilines is 2. The SMILES string of the molecule is COCCN(CCCCc1ccc2c(n1)NCCC2)CCC(Nc1ncnc2ccc(F)cc12)C(=O)O. The van der Waals surface area contributed by atoms with Gasteiger partial charge in [-0.25, -0.2) is 24.1 Å². The molecular weight excluding hydrogens is 475 g/mol. The molecule has 4 rings (SSSR count). The summed E-state index contributed by atoms with van der Waals surface area (Å²) in [6, 6.07) is 7.62. The van der Waals surface area contributed by atoms with Crippen LogP contribution in [0.15, 0.2) is 36.7 Å². The first kappa shape index (κ1) is 26.7. The fraction of sp³-hybridized carbons (Fsp3) is 0.481. The van der Waals surface area contributed by atoms with Crippen molar-refractivity contribution in [2.75, 3.05) is 50.5 Å². The molecule has 0 saturated heterocycles. The van der Waals surface area contributed by atoms with E-state index in [1.807, 2.05) is 0 Å². The van der Waals surface area contributed by atoms with Crippen LogP contribution in [-0.2, 0) is 22.4 Å². The molecule has 0 aliphatic carbocycles. The molecule has 0 bridgehead atoms. The van der Waals surface area contributed by atoms with Gasteiger partial charge in [0.05, 0.1) is 12.1 Å². The Hall–Kier alpha value is -3.37. The number of methoxy groups -OCH3 is 1. The Morgan fingerprint density at radius 1 is 1.22 bits per heavy atom. The Morgan fingerprint density at radius 3 is 2.95 bits per heavy atom. The predicted molar refractivity (Wildman–Crippen MR) is 141 cm³/mol. The maximum absolute atomic E-state index is 13.8. The van der Waals surface area contributed by atoms with Crippen molar-refractivity contribution in [3.05, 3.63) is 53.7 Å². The van der Waals surface area contributed by atoms with Crippen molar-refractivity contribution in [2.24, 2.45) is 0 Å². The van der Waals surface area contributed by atoms with Gasteiger partial charge in [-0.2, -0.15) is 0 Å². The van der Waals surface area contributed by atoms with Crippen molar-refractivity contribution >= 4 is 28.5 Å². The van der Waals surface area contributed by atoms with Gasteiger partial charge in [-0.1, -0.05) is 6.07 Å². The highest BCUT2D eigenvalue weighted by Crippen LogP contribution is 2.22. The van der Waals surface area contributed by atoms with Crippen LogP contribution in [0.3, 0.4) is 0 Å². The number of carboxylic acid groups (broad SMARTS) is 1. The molecule has 9 nitrogen and oxygen atoms in total. The summed E-state index contributed by atoms with van der Waals surface area (Å²) in [5.41, 5.74) is 2.94. The molecule has 37 heavy (non-hydrogen) atoms. The van der Waals surface area contributed by atoms with E-state index in [9.17, 15) is 14.3 Å². The van der Waals surface area contributed by atoms with Crippen LogP contribution in [0.2, 0.25) is 0 Å². The number of hydrogen-bond acceptors (Lipinski definition) is 8. The number of carbonyl (C=O) groups is 1. The van der Waals surface area contributed by atoms with Gasteiger partial charge in [0.1, 0.15) is 29.8 Å². The number of aromatic nitrogens is 3. The van der Waals surface area contributed by atoms with Gasteiger partial charge in [0, 0.05) is 37.8 Å². The molecule has 1 aliphatic heterocycles. The van der Waals surface area contributed by atoms with Gasteiger partial charge >= 0.3 is 5.97 Å². The molecule has 0 saturated carbocycles. The number of fused-ring (bicyclic) bond motifs is 2. The number of halogens is 1. The van der Waals surface area contributed by atoms with E-state index in [2.05, 4.69) is 37.6 Å². The zero-order valence-corrected chi connectivity index (χ0v) is 21.3. The third-order valence-corrected chi connectivity index (χ3v) is 6.66. The van der Waals surface area contributed by atoms with E-state index in [4.69, 9.17) is 9.72 Å². The molecule has 0 amide bonds. The van der Waals surface area contributed by atoms with Crippen LogP contribution in [0.1, 0.15) is 36.9 Å². The normalized spacial score (nSPS) is 13.8. The molecule has 3 heterocycles. The van der Waals surface area contributed by atoms with E-state index >= 15 is 0 Å². The van der Waals surface area contributed by atoms with E-state index in [1.165, 1.54) is 24.0 Å². The Morgan fingerprint density at radius 2 is 2.11 bits per heavy atom. The molecule has 1 aromatic carbocycles. The molecule has 3 N–H and O–H groups in total. The summed E-state index contributed by atoms with van der Waals surface area (Å²) in [7, 11) is 1.66. The minimum Gasteiger partial charge on any atom is -0.480 e. The number of aliphatic carboxylic acids is 1. The zero-order valence-electron chi connectivity index (χ0n) is 21.3. The van der Waals surface area contributed by atoms with E-state index in [1.54, 1.807) is 13.2 Å². The van der Waals surface area contributed by atoms with E-state index in [0.29, 0.717) is 42.8 Å². The lowest BCUT2D eigenvalue weighted by molar-refractivity contribution is -0.138. The third-order valence-electron chi connectivity index (χ3n) is 6.66. The Bertz CT molecular complexity index is 1190. The lowest BCUT2D eigenvalue weighted by Crippen LogP contribution is -2.37. The van der Waals surface area contributed by atoms with Crippen molar-refractivity contribution in [3.63, 3.8) is 0 Å². The fourth-order valence-electron chi connectivity index (χ4n) is 4.58. The van der Waals surface area contributed by atoms with Crippen molar-refractivity contribution in [1.82, 2.24) is 19.9 Å². The fourth-order valence-corrected chi connectivity index (χ4v) is 4.58. The lowest BCUT2D eigenvalue weighted by Gasteiger charge is -2.24. The molecule has 0 fully saturated rings. The van der Waals surface area contributed by atoms with Gasteiger partial charge in [0.15, 0.2) is 0 Å². The molecule has 10 heteroatoms. The lowest BCUT2D eigenvalue weighted by atomic mass is 10.1. The van der Waals surface area contributed by atoms with Gasteiger partial charge in [-0.05, 0) is 74.9 Å². The van der Waals surface area contributed by atoms with Crippen LogP contribution < -0.4 is 10.6 Å². The highest BCUT2D eigenvalue weighted by molar-refractivity contribution is 5.90. The van der Waals surface area contributed by atoms with E-state index in [0.717, 1.165) is 56.7 Å². The standard InChI is InChI=1S/C27H35FN6O3/c1-37-16-15-34(13-3-2-6-21-9-7-19-5-4-12-29-25(19)32-21)14-11-24(27(35)36)33-26-22-17-20(28)8-10-23(22)30-18-31-26/h7-10,17-18,24H,2-6,11-16H2,1H3,(H,29,32)(H,35,36)(H,30,31,33). The first-order valence-electron chi connectivity index (χ1n) is 12.9. The first-order valence-corrected chi connectivity index (χ1v) is 12.9. The first-order chi connectivity index (χ1) is 18.0. The van der Waals surface area contributed by atoms with Gasteiger partial charge in [-0.3, -0.25) is 0 Å². The smallest absolute Gasteiger partial charge is 0.326 e. The minimum atomic E-state index is -0.984. The topological polar surface area (TPSA) is 113 Å². The highest BCUT2D eigenvalue weighted by Gasteiger charge is 2.20. The van der Waals surface area contributed by atoms with Gasteiger partial charge in [0.2, 0.25) is 0 Å². The van der Waals surface area contributed by atoms with Crippen LogP contribution >= 0.6 is 0 Å². The summed E-state index contributed by atoms with van der Waals surface area (Å²) in [5.74, 6) is -0.0731. The number of pyridine rings is 1. The maximum Gasteiger partial charge on any atom is 0.326 e. The molecule has 0 radical (unpaired) electrons. The number of nitrogens with one attached hydrogen (secondary N) is 2. The third kappa shape index (κ3) is 7.56. The van der Waals surface area contributed by atoms with Crippen molar-refractivity contribution in [1.29, 1.82) is 0 Å². The minimum absolute atomic E-state index is 0.312. The van der Waals surface area contributed by atoms with E-state index in [-0.39, 0.29) is 0 Å². The Labute approximate surface area is 216 Å². The summed E-state index contributed by atoms with van der Waals surface area (Å²) in [6.45, 7) is 3.67. The second-order valence-electron chi connectivity index (χ2n) is 9.34. The quantitative estimate of drug-likeness (QED) is 0.279. The van der Waals surface area contributed by atoms with E-state index < -0.39 is 17.8 Å². The summed E-state index contributed by atoms with van der Waals surface area (Å²) in [5, 5.41) is 16.7. The number of ether oxygens (including phenoxy) is 1. The second kappa shape index (κ2) is 13.3. The molecular formula is C27H35FN6O3. The van der Waals surface area contributed by atoms with Gasteiger partial charge in [0.25, 0.3) is 0 Å². The largest absolute Gasteiger partial charge is 0.480 e. The second-order valence-corrected chi connectivity index (χ2v) is 9.34. The number of aryl methyl sites for hydroxylation is 2. The molecule has 198 valence electrons. The summed E-state index contributed by atoms with van der Waals surface area (Å²) in [4.78, 5) is 27.3. The van der Waals surface area contributed by atoms with Gasteiger partial charge in [-0.15, -0.1) is 0 Å². The Balaban J connectivity index is 1.31. The number of nitrogens with zero attached hydrogens (tertiary/aromatic N) is 4. The molecule has 3 aromatic rings. The molecule has 1 unspecified atom stereocenters. The number of rotatable bonds is 14. The number of benzene rings is 1. The van der Waals surface area contributed by atoms with Crippen molar-refractivity contribution in [3.8, 4) is 0 Å². The zero-order chi connectivity index (χ0) is 26.0. The summed E-state index contributed by atoms with van der Waals surface area (Å²) >= 11 is 0. The maximum atomic E-state index is 13.8. The van der Waals surface area contributed by atoms with Crippen LogP contribution in [0.4, 0.5) is 16.0 Å². The van der Waals surface area contributed by atoms with Crippen LogP contribution in [0.25, 0.3) is 10.9 Å². The number of carboxylic acids is 1. The predicted octanol–water partition coefficient (Wildman–Crippen LogP) is 3.75. The summed E-state index contributed by atoms with van der Waals surface area (Å²) < 4.78 is 19.1. The molecule has 0 spiro atoms. The van der Waals surface area contributed by atoms with Crippen LogP contribution in [-0.4, -0.2) is 76.9 Å². The molecule has 1 aliphatic rings. The Kier molecular flexibility index (Phi) is 9.56. The molecule has 2 aromatic heterocycles. The van der Waals surface area contributed by atoms with Crippen LogP contribution in [0.5, 0.6) is 0 Å². The molecule has 1 atom stereocenters. The van der Waals surface area contributed by atoms with Crippen molar-refractivity contribution < 1.29 is 19.0 Å². The highest BCUT2D eigenvalue weighted by atomic mass is 19.1. The number of hydrogen-bond donors (Lipinski definition) is 3. The van der Waals surface area contributed by atoms with Crippen molar-refractivity contribution in [2.45, 2.75) is 44.6 Å². The average molecular weight is 511 g/mol. The van der Waals surface area contributed by atoms with Crippen LogP contribution in [0, 0.1) is 5.82 Å². The summed E-state index contributed by atoms with van der Waals surface area (Å²) in [6.07, 6.45) is 6.81. The van der Waals surface area contributed by atoms with Gasteiger partial charge < -0.3 is 25.4 Å². The number of unbranched alkanes of at least 4 members (excludes halogenated alkanes) is 1. The monoisotopic (exact) mass is 510 g/mol.